The second-order valence-electron chi connectivity index (χ2n) is 7.62. The molecule has 0 radical (unpaired) electrons. The number of benzene rings is 2. The Kier molecular flexibility index (Phi) is 9.04. The molecule has 0 aliphatic carbocycles. The second kappa shape index (κ2) is 12.2. The Morgan fingerprint density at radius 1 is 1.14 bits per heavy atom. The molecule has 1 fully saturated rings. The molecule has 2 aromatic carbocycles. The van der Waals surface area contributed by atoms with E-state index in [1.54, 1.807) is 47.4 Å². The van der Waals surface area contributed by atoms with E-state index in [0.717, 1.165) is 10.6 Å². The van der Waals surface area contributed by atoms with Crippen molar-refractivity contribution in [2.75, 3.05) is 57.1 Å². The van der Waals surface area contributed by atoms with Gasteiger partial charge in [-0.15, -0.1) is 0 Å². The fourth-order valence-corrected chi connectivity index (χ4v) is 4.06. The summed E-state index contributed by atoms with van der Waals surface area (Å²) in [6, 6.07) is 13.2. The van der Waals surface area contributed by atoms with Crippen molar-refractivity contribution in [2.24, 2.45) is 5.10 Å². The van der Waals surface area contributed by atoms with Gasteiger partial charge >= 0.3 is 0 Å². The molecule has 0 spiro atoms. The number of methoxy groups -OCH3 is 1. The smallest absolute Gasteiger partial charge is 0.260 e. The molecule has 1 aliphatic heterocycles. The SMILES string of the molecule is COc1cccc(N(CC(=O)N/N=C\c2ccc(OCC(=O)N3CCOCC3)cc2)S(C)(=O)=O)c1. The standard InChI is InChI=1S/C23H28N4O7S/c1-32-21-5-3-4-19(14-21)27(35(2,30)31)16-22(28)25-24-15-18-6-8-20(9-7-18)34-17-23(29)26-10-12-33-13-11-26/h3-9,14-15H,10-13,16-17H2,1-2H3,(H,25,28)/b24-15-. The molecule has 2 aromatic rings. The van der Waals surface area contributed by atoms with E-state index < -0.39 is 22.5 Å². The summed E-state index contributed by atoms with van der Waals surface area (Å²) in [5, 5.41) is 3.88. The Morgan fingerprint density at radius 3 is 2.51 bits per heavy atom. The van der Waals surface area contributed by atoms with Crippen LogP contribution in [0.3, 0.4) is 0 Å². The molecule has 0 atom stereocenters. The van der Waals surface area contributed by atoms with Crippen LogP contribution >= 0.6 is 0 Å². The number of morpholine rings is 1. The Morgan fingerprint density at radius 2 is 1.86 bits per heavy atom. The highest BCUT2D eigenvalue weighted by atomic mass is 32.2. The van der Waals surface area contributed by atoms with Gasteiger partial charge in [-0.2, -0.15) is 5.10 Å². The maximum absolute atomic E-state index is 12.3. The van der Waals surface area contributed by atoms with E-state index in [9.17, 15) is 18.0 Å². The average Bonchev–Trinajstić information content (AvgIpc) is 2.86. The van der Waals surface area contributed by atoms with Gasteiger partial charge in [-0.1, -0.05) is 6.07 Å². The van der Waals surface area contributed by atoms with Crippen molar-refractivity contribution in [3.05, 3.63) is 54.1 Å². The fourth-order valence-electron chi connectivity index (χ4n) is 3.21. The summed E-state index contributed by atoms with van der Waals surface area (Å²) < 4.78 is 41.3. The first-order chi connectivity index (χ1) is 16.8. The number of nitrogens with zero attached hydrogens (tertiary/aromatic N) is 3. The molecule has 188 valence electrons. The van der Waals surface area contributed by atoms with Gasteiger partial charge in [0, 0.05) is 19.2 Å². The van der Waals surface area contributed by atoms with Crippen LogP contribution in [-0.2, 0) is 24.3 Å². The van der Waals surface area contributed by atoms with Crippen molar-refractivity contribution in [1.29, 1.82) is 0 Å². The van der Waals surface area contributed by atoms with Gasteiger partial charge in [-0.3, -0.25) is 13.9 Å². The molecule has 3 rings (SSSR count). The Bertz CT molecular complexity index is 1150. The summed E-state index contributed by atoms with van der Waals surface area (Å²) in [4.78, 5) is 26.2. The molecule has 1 aliphatic rings. The van der Waals surface area contributed by atoms with E-state index >= 15 is 0 Å². The predicted octanol–water partition coefficient (Wildman–Crippen LogP) is 0.849. The van der Waals surface area contributed by atoms with Crippen molar-refractivity contribution in [3.8, 4) is 11.5 Å². The predicted molar refractivity (Wildman–Crippen MR) is 130 cm³/mol. The van der Waals surface area contributed by atoms with E-state index in [-0.39, 0.29) is 12.5 Å². The van der Waals surface area contributed by atoms with E-state index in [1.165, 1.54) is 19.4 Å². The van der Waals surface area contributed by atoms with Gasteiger partial charge in [0.05, 0.1) is 38.5 Å². The summed E-state index contributed by atoms with van der Waals surface area (Å²) in [6.45, 7) is 1.67. The van der Waals surface area contributed by atoms with E-state index in [2.05, 4.69) is 10.5 Å². The number of anilines is 1. The summed E-state index contributed by atoms with van der Waals surface area (Å²) in [7, 11) is -2.25. The van der Waals surface area contributed by atoms with Crippen LogP contribution in [0.4, 0.5) is 5.69 Å². The van der Waals surface area contributed by atoms with Gasteiger partial charge in [0.25, 0.3) is 11.8 Å². The molecule has 1 saturated heterocycles. The molecule has 0 aromatic heterocycles. The maximum atomic E-state index is 12.3. The van der Waals surface area contributed by atoms with Crippen LogP contribution in [0.15, 0.2) is 53.6 Å². The lowest BCUT2D eigenvalue weighted by Gasteiger charge is -2.26. The van der Waals surface area contributed by atoms with Crippen LogP contribution in [0.5, 0.6) is 11.5 Å². The van der Waals surface area contributed by atoms with Crippen LogP contribution in [-0.4, -0.2) is 84.2 Å². The number of hydrogen-bond acceptors (Lipinski definition) is 8. The van der Waals surface area contributed by atoms with Gasteiger partial charge in [0.1, 0.15) is 18.0 Å². The van der Waals surface area contributed by atoms with E-state index in [0.29, 0.717) is 49.1 Å². The van der Waals surface area contributed by atoms with Gasteiger partial charge in [0.2, 0.25) is 10.0 Å². The van der Waals surface area contributed by atoms with Crippen LogP contribution < -0.4 is 19.2 Å². The zero-order valence-corrected chi connectivity index (χ0v) is 20.4. The molecule has 2 amide bonds. The first kappa shape index (κ1) is 26.0. The summed E-state index contributed by atoms with van der Waals surface area (Å²) >= 11 is 0. The highest BCUT2D eigenvalue weighted by Gasteiger charge is 2.21. The molecule has 0 unspecified atom stereocenters. The van der Waals surface area contributed by atoms with E-state index in [1.807, 2.05) is 0 Å². The number of hydrazone groups is 1. The quantitative estimate of drug-likeness (QED) is 0.375. The van der Waals surface area contributed by atoms with Gasteiger partial charge in [-0.25, -0.2) is 13.8 Å². The fraction of sp³-hybridized carbons (Fsp3) is 0.348. The number of ether oxygens (including phenoxy) is 3. The average molecular weight is 505 g/mol. The molecule has 0 bridgehead atoms. The first-order valence-corrected chi connectivity index (χ1v) is 12.6. The largest absolute Gasteiger partial charge is 0.497 e. The minimum Gasteiger partial charge on any atom is -0.497 e. The van der Waals surface area contributed by atoms with E-state index in [4.69, 9.17) is 14.2 Å². The Balaban J connectivity index is 1.51. The van der Waals surface area contributed by atoms with Gasteiger partial charge < -0.3 is 19.1 Å². The number of nitrogens with one attached hydrogen (secondary N) is 1. The zero-order valence-electron chi connectivity index (χ0n) is 19.5. The highest BCUT2D eigenvalue weighted by molar-refractivity contribution is 7.92. The third-order valence-electron chi connectivity index (χ3n) is 5.04. The Hall–Kier alpha value is -3.64. The number of rotatable bonds is 10. The van der Waals surface area contributed by atoms with Crippen molar-refractivity contribution >= 4 is 33.7 Å². The molecule has 1 heterocycles. The van der Waals surface area contributed by atoms with Crippen LogP contribution in [0.25, 0.3) is 0 Å². The number of amides is 2. The third-order valence-corrected chi connectivity index (χ3v) is 6.18. The molecule has 11 nitrogen and oxygen atoms in total. The van der Waals surface area contributed by atoms with Crippen molar-refractivity contribution in [2.45, 2.75) is 0 Å². The van der Waals surface area contributed by atoms with Crippen LogP contribution in [0, 0.1) is 0 Å². The molecular weight excluding hydrogens is 476 g/mol. The molecule has 35 heavy (non-hydrogen) atoms. The topological polar surface area (TPSA) is 127 Å². The lowest BCUT2D eigenvalue weighted by atomic mass is 10.2. The van der Waals surface area contributed by atoms with Gasteiger partial charge in [-0.05, 0) is 42.0 Å². The summed E-state index contributed by atoms with van der Waals surface area (Å²) in [6.07, 6.45) is 2.43. The summed E-state index contributed by atoms with van der Waals surface area (Å²) in [5.74, 6) is 0.275. The lowest BCUT2D eigenvalue weighted by Crippen LogP contribution is -2.42. The maximum Gasteiger partial charge on any atom is 0.260 e. The van der Waals surface area contributed by atoms with Crippen molar-refractivity contribution in [3.63, 3.8) is 0 Å². The van der Waals surface area contributed by atoms with Crippen LogP contribution in [0.1, 0.15) is 5.56 Å². The Labute approximate surface area is 204 Å². The number of carbonyl (C=O) groups excluding carboxylic acids is 2. The lowest BCUT2D eigenvalue weighted by molar-refractivity contribution is -0.137. The monoisotopic (exact) mass is 504 g/mol. The molecule has 1 N–H and O–H groups in total. The first-order valence-electron chi connectivity index (χ1n) is 10.8. The van der Waals surface area contributed by atoms with Gasteiger partial charge in [0.15, 0.2) is 6.61 Å². The van der Waals surface area contributed by atoms with Crippen molar-refractivity contribution in [1.82, 2.24) is 10.3 Å². The molecule has 12 heteroatoms. The highest BCUT2D eigenvalue weighted by Crippen LogP contribution is 2.22. The number of hydrogen-bond donors (Lipinski definition) is 1. The summed E-state index contributed by atoms with van der Waals surface area (Å²) in [5.41, 5.74) is 3.30. The minimum absolute atomic E-state index is 0.0619. The number of sulfonamides is 1. The minimum atomic E-state index is -3.72. The third kappa shape index (κ3) is 7.97. The molecule has 0 saturated carbocycles. The van der Waals surface area contributed by atoms with Crippen LogP contribution in [0.2, 0.25) is 0 Å². The zero-order chi connectivity index (χ0) is 25.3. The van der Waals surface area contributed by atoms with Crippen molar-refractivity contribution < 1.29 is 32.2 Å². The second-order valence-corrected chi connectivity index (χ2v) is 9.52. The molecular formula is C23H28N4O7S. The normalized spacial score (nSPS) is 13.9. The number of carbonyl (C=O) groups is 2.